The summed E-state index contributed by atoms with van der Waals surface area (Å²) in [6, 6.07) is 6.05. The molecule has 3 N–H and O–H groups in total. The van der Waals surface area contributed by atoms with Gasteiger partial charge in [0.1, 0.15) is 5.82 Å². The van der Waals surface area contributed by atoms with E-state index >= 15 is 0 Å². The fourth-order valence-electron chi connectivity index (χ4n) is 1.54. The predicted molar refractivity (Wildman–Crippen MR) is 63.2 cm³/mol. The zero-order valence-corrected chi connectivity index (χ0v) is 9.64. The minimum atomic E-state index is 0.0407. The van der Waals surface area contributed by atoms with Gasteiger partial charge in [-0.05, 0) is 31.7 Å². The maximum absolute atomic E-state index is 8.72. The standard InChI is InChI=1S/C11H17N5/c1-9(6-12)7-16(2)8-10-3-4-14-11(5-10)15-13/h3-5,9H,7-8,13H2,1-2H3,(H,14,15). The van der Waals surface area contributed by atoms with Gasteiger partial charge >= 0.3 is 0 Å². The van der Waals surface area contributed by atoms with Crippen LogP contribution in [0.15, 0.2) is 18.3 Å². The third kappa shape index (κ3) is 3.85. The Labute approximate surface area is 95.9 Å². The van der Waals surface area contributed by atoms with Crippen LogP contribution >= 0.6 is 0 Å². The third-order valence-electron chi connectivity index (χ3n) is 2.23. The Morgan fingerprint density at radius 1 is 1.69 bits per heavy atom. The first kappa shape index (κ1) is 12.4. The molecule has 0 bridgehead atoms. The quantitative estimate of drug-likeness (QED) is 0.569. The van der Waals surface area contributed by atoms with Crippen molar-refractivity contribution in [2.24, 2.45) is 11.8 Å². The number of nitrogens with one attached hydrogen (secondary N) is 1. The molecule has 0 aliphatic carbocycles. The number of aromatic nitrogens is 1. The first-order chi connectivity index (χ1) is 7.65. The van der Waals surface area contributed by atoms with E-state index in [1.165, 1.54) is 0 Å². The first-order valence-corrected chi connectivity index (χ1v) is 5.15. The number of nitrogen functional groups attached to an aromatic ring is 1. The number of hydrazine groups is 1. The number of hydrogen-bond acceptors (Lipinski definition) is 5. The van der Waals surface area contributed by atoms with Crippen LogP contribution in [-0.2, 0) is 6.54 Å². The van der Waals surface area contributed by atoms with Gasteiger partial charge in [-0.3, -0.25) is 0 Å². The Kier molecular flexibility index (Phi) is 4.70. The summed E-state index contributed by atoms with van der Waals surface area (Å²) in [5.74, 6) is 5.98. The van der Waals surface area contributed by atoms with Crippen LogP contribution in [0, 0.1) is 17.2 Å². The van der Waals surface area contributed by atoms with Crippen molar-refractivity contribution >= 4 is 5.82 Å². The summed E-state index contributed by atoms with van der Waals surface area (Å²) in [5.41, 5.74) is 3.63. The smallest absolute Gasteiger partial charge is 0.140 e. The van der Waals surface area contributed by atoms with Crippen LogP contribution in [0.1, 0.15) is 12.5 Å². The number of rotatable bonds is 5. The zero-order chi connectivity index (χ0) is 12.0. The lowest BCUT2D eigenvalue weighted by Gasteiger charge is -2.17. The molecule has 0 radical (unpaired) electrons. The molecule has 16 heavy (non-hydrogen) atoms. The second-order valence-electron chi connectivity index (χ2n) is 3.92. The van der Waals surface area contributed by atoms with E-state index < -0.39 is 0 Å². The molecule has 1 unspecified atom stereocenters. The largest absolute Gasteiger partial charge is 0.308 e. The Balaban J connectivity index is 2.56. The van der Waals surface area contributed by atoms with Crippen molar-refractivity contribution in [3.8, 4) is 6.07 Å². The van der Waals surface area contributed by atoms with Crippen molar-refractivity contribution in [3.63, 3.8) is 0 Å². The molecular formula is C11H17N5. The number of pyridine rings is 1. The van der Waals surface area contributed by atoms with Crippen LogP contribution in [0.5, 0.6) is 0 Å². The molecule has 0 aliphatic heterocycles. The van der Waals surface area contributed by atoms with E-state index in [0.717, 1.165) is 18.7 Å². The maximum Gasteiger partial charge on any atom is 0.140 e. The SMILES string of the molecule is CC(C#N)CN(C)Cc1ccnc(NN)c1. The van der Waals surface area contributed by atoms with Crippen molar-refractivity contribution in [3.05, 3.63) is 23.9 Å². The highest BCUT2D eigenvalue weighted by Gasteiger charge is 2.06. The number of hydrogen-bond donors (Lipinski definition) is 2. The molecule has 5 heteroatoms. The molecular weight excluding hydrogens is 202 g/mol. The fourth-order valence-corrected chi connectivity index (χ4v) is 1.54. The second kappa shape index (κ2) is 6.05. The summed E-state index contributed by atoms with van der Waals surface area (Å²) in [7, 11) is 1.99. The molecule has 0 aliphatic rings. The molecule has 1 rings (SSSR count). The molecule has 0 fully saturated rings. The Hall–Kier alpha value is -1.64. The fraction of sp³-hybridized carbons (Fsp3) is 0.455. The lowest BCUT2D eigenvalue weighted by atomic mass is 10.2. The van der Waals surface area contributed by atoms with Crippen LogP contribution < -0.4 is 11.3 Å². The minimum Gasteiger partial charge on any atom is -0.308 e. The molecule has 0 amide bonds. The zero-order valence-electron chi connectivity index (χ0n) is 9.64. The van der Waals surface area contributed by atoms with Crippen LogP contribution in [0.25, 0.3) is 0 Å². The Morgan fingerprint density at radius 3 is 3.06 bits per heavy atom. The van der Waals surface area contributed by atoms with Gasteiger partial charge in [0, 0.05) is 19.3 Å². The highest BCUT2D eigenvalue weighted by atomic mass is 15.2. The van der Waals surface area contributed by atoms with E-state index in [1.54, 1.807) is 6.20 Å². The summed E-state index contributed by atoms with van der Waals surface area (Å²) in [6.07, 6.45) is 1.71. The molecule has 1 aromatic rings. The van der Waals surface area contributed by atoms with Gasteiger partial charge in [0.2, 0.25) is 0 Å². The van der Waals surface area contributed by atoms with Gasteiger partial charge in [0.05, 0.1) is 12.0 Å². The maximum atomic E-state index is 8.72. The third-order valence-corrected chi connectivity index (χ3v) is 2.23. The summed E-state index contributed by atoms with van der Waals surface area (Å²) < 4.78 is 0. The lowest BCUT2D eigenvalue weighted by molar-refractivity contribution is 0.303. The van der Waals surface area contributed by atoms with Crippen molar-refractivity contribution in [2.45, 2.75) is 13.5 Å². The van der Waals surface area contributed by atoms with Crippen LogP contribution in [0.3, 0.4) is 0 Å². The molecule has 0 aromatic carbocycles. The van der Waals surface area contributed by atoms with E-state index in [4.69, 9.17) is 11.1 Å². The summed E-state index contributed by atoms with van der Waals surface area (Å²) >= 11 is 0. The number of anilines is 1. The highest BCUT2D eigenvalue weighted by Crippen LogP contribution is 2.08. The lowest BCUT2D eigenvalue weighted by Crippen LogP contribution is -2.23. The van der Waals surface area contributed by atoms with E-state index in [0.29, 0.717) is 5.82 Å². The van der Waals surface area contributed by atoms with Crippen molar-refractivity contribution < 1.29 is 0 Å². The summed E-state index contributed by atoms with van der Waals surface area (Å²) in [4.78, 5) is 6.14. The summed E-state index contributed by atoms with van der Waals surface area (Å²) in [6.45, 7) is 3.45. The number of nitriles is 1. The van der Waals surface area contributed by atoms with E-state index in [1.807, 2.05) is 26.1 Å². The minimum absolute atomic E-state index is 0.0407. The van der Waals surface area contributed by atoms with E-state index in [9.17, 15) is 0 Å². The highest BCUT2D eigenvalue weighted by molar-refractivity contribution is 5.35. The van der Waals surface area contributed by atoms with Gasteiger partial charge < -0.3 is 10.3 Å². The Bertz CT molecular complexity index is 371. The molecule has 86 valence electrons. The van der Waals surface area contributed by atoms with Crippen molar-refractivity contribution in [1.29, 1.82) is 5.26 Å². The predicted octanol–water partition coefficient (Wildman–Crippen LogP) is 0.959. The van der Waals surface area contributed by atoms with Gasteiger partial charge in [-0.1, -0.05) is 0 Å². The van der Waals surface area contributed by atoms with Crippen molar-refractivity contribution in [2.75, 3.05) is 19.0 Å². The molecule has 0 saturated heterocycles. The average molecular weight is 219 g/mol. The topological polar surface area (TPSA) is 78.0 Å². The molecule has 1 atom stereocenters. The molecule has 0 saturated carbocycles. The molecule has 1 heterocycles. The van der Waals surface area contributed by atoms with E-state index in [-0.39, 0.29) is 5.92 Å². The van der Waals surface area contributed by atoms with Crippen LogP contribution in [0.4, 0.5) is 5.82 Å². The van der Waals surface area contributed by atoms with Crippen molar-refractivity contribution in [1.82, 2.24) is 9.88 Å². The molecule has 0 spiro atoms. The summed E-state index contributed by atoms with van der Waals surface area (Å²) in [5, 5.41) is 8.72. The van der Waals surface area contributed by atoms with Gasteiger partial charge in [0.25, 0.3) is 0 Å². The van der Waals surface area contributed by atoms with Gasteiger partial charge in [-0.2, -0.15) is 5.26 Å². The number of nitrogens with two attached hydrogens (primary N) is 1. The van der Waals surface area contributed by atoms with Gasteiger partial charge in [-0.25, -0.2) is 10.8 Å². The Morgan fingerprint density at radius 2 is 2.44 bits per heavy atom. The first-order valence-electron chi connectivity index (χ1n) is 5.15. The van der Waals surface area contributed by atoms with Gasteiger partial charge in [0.15, 0.2) is 0 Å². The normalized spacial score (nSPS) is 12.2. The van der Waals surface area contributed by atoms with Crippen LogP contribution in [-0.4, -0.2) is 23.5 Å². The average Bonchev–Trinajstić information content (AvgIpc) is 2.28. The second-order valence-corrected chi connectivity index (χ2v) is 3.92. The number of nitrogens with zero attached hydrogens (tertiary/aromatic N) is 3. The monoisotopic (exact) mass is 219 g/mol. The molecule has 1 aromatic heterocycles. The van der Waals surface area contributed by atoms with Crippen LogP contribution in [0.2, 0.25) is 0 Å². The van der Waals surface area contributed by atoms with Gasteiger partial charge in [-0.15, -0.1) is 0 Å². The molecule has 5 nitrogen and oxygen atoms in total. The van der Waals surface area contributed by atoms with E-state index in [2.05, 4.69) is 21.4 Å².